The molecule has 4 rings (SSSR count). The van der Waals surface area contributed by atoms with Gasteiger partial charge in [-0.15, -0.1) is 0 Å². The first-order chi connectivity index (χ1) is 14.2. The number of imide groups is 1. The summed E-state index contributed by atoms with van der Waals surface area (Å²) >= 11 is 7.31. The fourth-order valence-electron chi connectivity index (χ4n) is 5.05. The van der Waals surface area contributed by atoms with Crippen LogP contribution in [0.5, 0.6) is 0 Å². The first kappa shape index (κ1) is 21.7. The predicted octanol–water partition coefficient (Wildman–Crippen LogP) is 3.20. The summed E-state index contributed by atoms with van der Waals surface area (Å²) in [5.41, 5.74) is 2.57. The van der Waals surface area contributed by atoms with Crippen molar-refractivity contribution in [3.8, 4) is 0 Å². The molecule has 1 heterocycles. The summed E-state index contributed by atoms with van der Waals surface area (Å²) in [6.45, 7) is 3.52. The summed E-state index contributed by atoms with van der Waals surface area (Å²) in [7, 11) is 0. The van der Waals surface area contributed by atoms with Gasteiger partial charge >= 0.3 is 5.97 Å². The van der Waals surface area contributed by atoms with Crippen LogP contribution in [0.25, 0.3) is 0 Å². The number of aryl methyl sites for hydroxylation is 2. The Labute approximate surface area is 192 Å². The molecular formula is C22H23Br2NO5. The lowest BCUT2D eigenvalue weighted by molar-refractivity contribution is -0.145. The van der Waals surface area contributed by atoms with E-state index in [0.29, 0.717) is 5.56 Å². The smallest absolute Gasteiger partial charge is 0.308 e. The van der Waals surface area contributed by atoms with E-state index in [0.717, 1.165) is 17.5 Å². The third-order valence-electron chi connectivity index (χ3n) is 6.81. The highest BCUT2D eigenvalue weighted by Gasteiger charge is 2.66. The van der Waals surface area contributed by atoms with Gasteiger partial charge in [-0.3, -0.25) is 24.1 Å². The number of halogens is 2. The fourth-order valence-corrected chi connectivity index (χ4v) is 6.92. The first-order valence-corrected chi connectivity index (χ1v) is 11.9. The zero-order chi connectivity index (χ0) is 21.7. The van der Waals surface area contributed by atoms with Crippen LogP contribution in [0.4, 0.5) is 0 Å². The van der Waals surface area contributed by atoms with Gasteiger partial charge in [0.15, 0.2) is 12.4 Å². The minimum absolute atomic E-state index is 0.000670. The van der Waals surface area contributed by atoms with Crippen LogP contribution in [0.1, 0.15) is 34.3 Å². The molecule has 0 radical (unpaired) electrons. The lowest BCUT2D eigenvalue weighted by Gasteiger charge is -2.28. The van der Waals surface area contributed by atoms with Gasteiger partial charge in [0, 0.05) is 21.8 Å². The monoisotopic (exact) mass is 539 g/mol. The van der Waals surface area contributed by atoms with E-state index in [2.05, 4.69) is 31.9 Å². The summed E-state index contributed by atoms with van der Waals surface area (Å²) in [5, 5.41) is 0. The lowest BCUT2D eigenvalue weighted by atomic mass is 9.81. The molecule has 2 amide bonds. The minimum Gasteiger partial charge on any atom is -0.457 e. The van der Waals surface area contributed by atoms with Crippen LogP contribution < -0.4 is 0 Å². The van der Waals surface area contributed by atoms with Crippen molar-refractivity contribution in [1.29, 1.82) is 0 Å². The number of carbonyl (C=O) groups is 4. The zero-order valence-electron chi connectivity index (χ0n) is 16.8. The number of ether oxygens (including phenoxy) is 1. The van der Waals surface area contributed by atoms with Crippen molar-refractivity contribution in [2.45, 2.75) is 36.3 Å². The molecule has 0 spiro atoms. The summed E-state index contributed by atoms with van der Waals surface area (Å²) in [4.78, 5) is 51.6. The molecule has 2 bridgehead atoms. The number of ketones is 1. The van der Waals surface area contributed by atoms with Crippen LogP contribution in [-0.2, 0) is 19.1 Å². The Morgan fingerprint density at radius 1 is 1.03 bits per heavy atom. The summed E-state index contributed by atoms with van der Waals surface area (Å²) in [6, 6.07) is 5.34. The number of benzene rings is 1. The van der Waals surface area contributed by atoms with E-state index in [1.807, 2.05) is 19.9 Å². The van der Waals surface area contributed by atoms with Crippen molar-refractivity contribution in [3.63, 3.8) is 0 Å². The molecule has 0 N–H and O–H groups in total. The van der Waals surface area contributed by atoms with E-state index in [1.165, 1.54) is 4.90 Å². The van der Waals surface area contributed by atoms with Gasteiger partial charge in [-0.25, -0.2) is 0 Å². The van der Waals surface area contributed by atoms with Gasteiger partial charge in [-0.2, -0.15) is 0 Å². The highest BCUT2D eigenvalue weighted by molar-refractivity contribution is 9.12. The lowest BCUT2D eigenvalue weighted by Crippen LogP contribution is -2.37. The van der Waals surface area contributed by atoms with Crippen molar-refractivity contribution in [1.82, 2.24) is 4.90 Å². The van der Waals surface area contributed by atoms with Gasteiger partial charge in [-0.1, -0.05) is 44.0 Å². The van der Waals surface area contributed by atoms with Crippen molar-refractivity contribution in [3.05, 3.63) is 34.9 Å². The quantitative estimate of drug-likeness (QED) is 0.239. The number of fused-ring (bicyclic) bond motifs is 5. The molecule has 1 saturated heterocycles. The van der Waals surface area contributed by atoms with Gasteiger partial charge in [0.05, 0.1) is 18.3 Å². The number of nitrogens with zero attached hydrogens (tertiary/aromatic N) is 1. The van der Waals surface area contributed by atoms with Crippen molar-refractivity contribution < 1.29 is 23.9 Å². The molecule has 6 nitrogen and oxygen atoms in total. The Bertz CT molecular complexity index is 900. The molecule has 6 unspecified atom stereocenters. The number of alkyl halides is 2. The molecule has 6 atom stereocenters. The molecular weight excluding hydrogens is 518 g/mol. The number of rotatable bonds is 6. The Kier molecular flexibility index (Phi) is 5.92. The Balaban J connectivity index is 1.30. The molecule has 2 aliphatic carbocycles. The number of esters is 1. The summed E-state index contributed by atoms with van der Waals surface area (Å²) in [6.07, 6.45) is 0.761. The van der Waals surface area contributed by atoms with E-state index in [4.69, 9.17) is 4.74 Å². The molecule has 3 fully saturated rings. The number of carbonyl (C=O) groups excluding carboxylic acids is 4. The van der Waals surface area contributed by atoms with Crippen molar-refractivity contribution in [2.75, 3.05) is 13.2 Å². The first-order valence-electron chi connectivity index (χ1n) is 10.1. The molecule has 1 aliphatic heterocycles. The van der Waals surface area contributed by atoms with Crippen LogP contribution in [0.2, 0.25) is 0 Å². The van der Waals surface area contributed by atoms with Crippen LogP contribution in [0, 0.1) is 37.5 Å². The minimum atomic E-state index is -0.593. The second kappa shape index (κ2) is 8.19. The maximum atomic E-state index is 12.8. The van der Waals surface area contributed by atoms with E-state index >= 15 is 0 Å². The number of Topliss-reactive ketones (excluding diaryl/α,β-unsaturated/α-hetero) is 1. The third kappa shape index (κ3) is 3.55. The standard InChI is InChI=1S/C22H23Br2NO5/c1-10-3-4-12(7-11(10)2)15(26)9-30-16(27)5-6-25-21(28)17-13-8-14(18(17)22(25)29)20(24)19(13)23/h3-4,7,13-14,17-20H,5-6,8-9H2,1-2H3. The second-order valence-electron chi connectivity index (χ2n) is 8.46. The fraction of sp³-hybridized carbons (Fsp3) is 0.545. The average Bonchev–Trinajstić information content (AvgIpc) is 3.32. The predicted molar refractivity (Wildman–Crippen MR) is 117 cm³/mol. The third-order valence-corrected chi connectivity index (χ3v) is 10.0. The average molecular weight is 541 g/mol. The Morgan fingerprint density at radius 3 is 2.20 bits per heavy atom. The van der Waals surface area contributed by atoms with Gasteiger partial charge < -0.3 is 4.74 Å². The van der Waals surface area contributed by atoms with Crippen LogP contribution in [0.3, 0.4) is 0 Å². The van der Waals surface area contributed by atoms with Crippen molar-refractivity contribution >= 4 is 55.4 Å². The normalized spacial score (nSPS) is 31.9. The Morgan fingerprint density at radius 2 is 1.63 bits per heavy atom. The summed E-state index contributed by atoms with van der Waals surface area (Å²) in [5.74, 6) is -1.52. The Hall–Kier alpha value is -1.54. The molecule has 3 aliphatic rings. The van der Waals surface area contributed by atoms with Crippen LogP contribution in [0.15, 0.2) is 18.2 Å². The number of amides is 2. The number of hydrogen-bond acceptors (Lipinski definition) is 5. The number of likely N-dealkylation sites (tertiary alicyclic amines) is 1. The topological polar surface area (TPSA) is 80.8 Å². The van der Waals surface area contributed by atoms with Gasteiger partial charge in [-0.05, 0) is 49.3 Å². The molecule has 8 heteroatoms. The van der Waals surface area contributed by atoms with E-state index in [9.17, 15) is 19.2 Å². The van der Waals surface area contributed by atoms with E-state index in [1.54, 1.807) is 12.1 Å². The molecule has 1 aromatic carbocycles. The second-order valence-corrected chi connectivity index (χ2v) is 10.6. The maximum absolute atomic E-state index is 12.8. The molecule has 0 aromatic heterocycles. The molecule has 160 valence electrons. The van der Waals surface area contributed by atoms with Gasteiger partial charge in [0.2, 0.25) is 11.8 Å². The largest absolute Gasteiger partial charge is 0.457 e. The van der Waals surface area contributed by atoms with Crippen molar-refractivity contribution in [2.24, 2.45) is 23.7 Å². The molecule has 2 saturated carbocycles. The SMILES string of the molecule is Cc1ccc(C(=O)COC(=O)CCN2C(=O)C3C4CC(C(Br)C4Br)C3C2=O)cc1C. The molecule has 1 aromatic rings. The number of hydrogen-bond donors (Lipinski definition) is 0. The van der Waals surface area contributed by atoms with Gasteiger partial charge in [0.1, 0.15) is 0 Å². The van der Waals surface area contributed by atoms with Crippen LogP contribution >= 0.6 is 31.9 Å². The van der Waals surface area contributed by atoms with Gasteiger partial charge in [0.25, 0.3) is 0 Å². The summed E-state index contributed by atoms with van der Waals surface area (Å²) < 4.78 is 5.09. The van der Waals surface area contributed by atoms with E-state index < -0.39 is 5.97 Å². The van der Waals surface area contributed by atoms with Crippen LogP contribution in [-0.4, -0.2) is 51.3 Å². The molecule has 30 heavy (non-hydrogen) atoms. The maximum Gasteiger partial charge on any atom is 0.308 e. The highest BCUT2D eigenvalue weighted by Crippen LogP contribution is 2.60. The highest BCUT2D eigenvalue weighted by atomic mass is 79.9. The zero-order valence-corrected chi connectivity index (χ0v) is 19.9. The van der Waals surface area contributed by atoms with E-state index in [-0.39, 0.29) is 70.5 Å².